The largest absolute Gasteiger partial charge is 0.550 e. The van der Waals surface area contributed by atoms with Crippen molar-refractivity contribution in [3.8, 4) is 0 Å². The highest BCUT2D eigenvalue weighted by Gasteiger charge is 2.29. The molecule has 1 aliphatic heterocycles. The Kier molecular flexibility index (Phi) is 5.19. The highest BCUT2D eigenvalue weighted by Crippen LogP contribution is 2.15. The minimum absolute atomic E-state index is 0.0353. The maximum Gasteiger partial charge on any atom is 0.223 e. The number of piperazine rings is 1. The van der Waals surface area contributed by atoms with Crippen molar-refractivity contribution in [2.24, 2.45) is 0 Å². The number of amides is 1. The van der Waals surface area contributed by atoms with Crippen molar-refractivity contribution in [2.75, 3.05) is 26.2 Å². The lowest BCUT2D eigenvalue weighted by Crippen LogP contribution is -3.18. The predicted molar refractivity (Wildman–Crippen MR) is 68.4 cm³/mol. The molecule has 108 valence electrons. The minimum Gasteiger partial charge on any atom is -0.550 e. The first-order valence-corrected chi connectivity index (χ1v) is 7.49. The smallest absolute Gasteiger partial charge is 0.223 e. The lowest BCUT2D eigenvalue weighted by Gasteiger charge is -2.38. The van der Waals surface area contributed by atoms with Crippen molar-refractivity contribution in [3.63, 3.8) is 0 Å². The Hall–Kier alpha value is -1.10. The second-order valence-electron chi connectivity index (χ2n) is 5.75. The Balaban J connectivity index is 1.72. The lowest BCUT2D eigenvalue weighted by molar-refractivity contribution is -0.930. The van der Waals surface area contributed by atoms with Gasteiger partial charge in [-0.1, -0.05) is 6.42 Å². The molecule has 1 saturated heterocycles. The third-order valence-corrected chi connectivity index (χ3v) is 4.48. The number of rotatable bonds is 4. The lowest BCUT2D eigenvalue weighted by atomic mass is 9.94. The van der Waals surface area contributed by atoms with Crippen LogP contribution in [0.4, 0.5) is 0 Å². The third-order valence-electron chi connectivity index (χ3n) is 4.48. The highest BCUT2D eigenvalue weighted by atomic mass is 16.4. The minimum atomic E-state index is -1.14. The van der Waals surface area contributed by atoms with Gasteiger partial charge in [0.05, 0.1) is 32.2 Å². The number of quaternary nitrogens is 1. The predicted octanol–water partition coefficient (Wildman–Crippen LogP) is -1.42. The van der Waals surface area contributed by atoms with Gasteiger partial charge in [-0.05, 0) is 32.1 Å². The van der Waals surface area contributed by atoms with Gasteiger partial charge in [-0.15, -0.1) is 0 Å². The van der Waals surface area contributed by atoms with Crippen LogP contribution in [0.1, 0.15) is 44.9 Å². The van der Waals surface area contributed by atoms with Crippen LogP contribution in [0.2, 0.25) is 0 Å². The van der Waals surface area contributed by atoms with Gasteiger partial charge in [0.1, 0.15) is 0 Å². The van der Waals surface area contributed by atoms with Crippen molar-refractivity contribution in [1.29, 1.82) is 0 Å². The zero-order chi connectivity index (χ0) is 13.7. The number of carbonyl (C=O) groups is 2. The second kappa shape index (κ2) is 6.89. The number of nitrogens with zero attached hydrogens (tertiary/aromatic N) is 1. The second-order valence-corrected chi connectivity index (χ2v) is 5.75. The van der Waals surface area contributed by atoms with E-state index in [9.17, 15) is 14.7 Å². The summed E-state index contributed by atoms with van der Waals surface area (Å²) in [6.45, 7) is 3.58. The molecule has 1 aliphatic carbocycles. The van der Waals surface area contributed by atoms with Crippen molar-refractivity contribution in [3.05, 3.63) is 0 Å². The van der Waals surface area contributed by atoms with Crippen LogP contribution in [0.3, 0.4) is 0 Å². The highest BCUT2D eigenvalue weighted by molar-refractivity contribution is 5.80. The molecule has 1 N–H and O–H groups in total. The third kappa shape index (κ3) is 4.20. The first kappa shape index (κ1) is 14.3. The van der Waals surface area contributed by atoms with Gasteiger partial charge in [-0.2, -0.15) is 0 Å². The van der Waals surface area contributed by atoms with E-state index >= 15 is 0 Å². The van der Waals surface area contributed by atoms with Crippen LogP contribution in [0, 0.1) is 0 Å². The normalized spacial score (nSPS) is 22.4. The number of carboxylic acids is 1. The molecule has 0 aromatic heterocycles. The molecular weight excluding hydrogens is 244 g/mol. The summed E-state index contributed by atoms with van der Waals surface area (Å²) in [5, 5.41) is 10.4. The van der Waals surface area contributed by atoms with E-state index in [1.807, 2.05) is 4.90 Å². The summed E-state index contributed by atoms with van der Waals surface area (Å²) in [6, 6.07) is 0.786. The number of carboxylic acid groups (broad SMARTS) is 1. The molecule has 19 heavy (non-hydrogen) atoms. The van der Waals surface area contributed by atoms with Crippen LogP contribution in [-0.4, -0.2) is 49.0 Å². The van der Waals surface area contributed by atoms with Gasteiger partial charge in [0.2, 0.25) is 5.91 Å². The Morgan fingerprint density at radius 1 is 1.05 bits per heavy atom. The van der Waals surface area contributed by atoms with Crippen LogP contribution >= 0.6 is 0 Å². The van der Waals surface area contributed by atoms with E-state index in [0.29, 0.717) is 0 Å². The number of carbonyl (C=O) groups excluding carboxylic acids is 2. The fraction of sp³-hybridized carbons (Fsp3) is 0.857. The molecule has 0 aromatic carbocycles. The summed E-state index contributed by atoms with van der Waals surface area (Å²) in [4.78, 5) is 25.6. The van der Waals surface area contributed by atoms with E-state index in [4.69, 9.17) is 0 Å². The molecule has 0 aromatic rings. The average molecular weight is 268 g/mol. The van der Waals surface area contributed by atoms with Crippen LogP contribution in [-0.2, 0) is 9.59 Å². The zero-order valence-corrected chi connectivity index (χ0v) is 11.5. The topological polar surface area (TPSA) is 64.9 Å². The molecule has 1 saturated carbocycles. The van der Waals surface area contributed by atoms with E-state index < -0.39 is 5.97 Å². The summed E-state index contributed by atoms with van der Waals surface area (Å²) >= 11 is 0. The van der Waals surface area contributed by atoms with Crippen LogP contribution in [0.15, 0.2) is 0 Å². The quantitative estimate of drug-likeness (QED) is 0.680. The van der Waals surface area contributed by atoms with Gasteiger partial charge in [0.15, 0.2) is 0 Å². The van der Waals surface area contributed by atoms with Crippen LogP contribution in [0.25, 0.3) is 0 Å². The van der Waals surface area contributed by atoms with Gasteiger partial charge < -0.3 is 19.7 Å². The summed E-state index contributed by atoms with van der Waals surface area (Å²) < 4.78 is 0. The molecule has 0 atom stereocenters. The number of nitrogens with one attached hydrogen (secondary N) is 1. The Bertz CT molecular complexity index is 319. The molecule has 2 rings (SSSR count). The molecule has 0 spiro atoms. The van der Waals surface area contributed by atoms with Gasteiger partial charge >= 0.3 is 0 Å². The van der Waals surface area contributed by atoms with Gasteiger partial charge in [-0.3, -0.25) is 4.79 Å². The van der Waals surface area contributed by atoms with Gasteiger partial charge in [0, 0.05) is 12.4 Å². The molecule has 5 heteroatoms. The van der Waals surface area contributed by atoms with Gasteiger partial charge in [0.25, 0.3) is 0 Å². The molecule has 0 unspecified atom stereocenters. The van der Waals surface area contributed by atoms with Crippen LogP contribution < -0.4 is 10.0 Å². The molecule has 0 radical (unpaired) electrons. The maximum atomic E-state index is 11.8. The SMILES string of the molecule is O=C([O-])CCC(=O)N1CC[NH+](C2CCCCC2)CC1. The first-order valence-electron chi connectivity index (χ1n) is 7.49. The molecular formula is C14H24N2O3. The Morgan fingerprint density at radius 2 is 1.68 bits per heavy atom. The Morgan fingerprint density at radius 3 is 2.26 bits per heavy atom. The summed E-state index contributed by atoms with van der Waals surface area (Å²) in [5.41, 5.74) is 0. The molecule has 2 aliphatic rings. The van der Waals surface area contributed by atoms with E-state index in [0.717, 1.165) is 32.2 Å². The summed E-state index contributed by atoms with van der Waals surface area (Å²) in [6.07, 6.45) is 6.65. The fourth-order valence-electron chi connectivity index (χ4n) is 3.33. The zero-order valence-electron chi connectivity index (χ0n) is 11.5. The molecule has 1 heterocycles. The number of hydrogen-bond acceptors (Lipinski definition) is 3. The number of hydrogen-bond donors (Lipinski definition) is 1. The van der Waals surface area contributed by atoms with Crippen molar-refractivity contribution < 1.29 is 19.6 Å². The number of aliphatic carboxylic acids is 1. The monoisotopic (exact) mass is 268 g/mol. The van der Waals surface area contributed by atoms with Crippen LogP contribution in [0.5, 0.6) is 0 Å². The van der Waals surface area contributed by atoms with E-state index in [1.165, 1.54) is 32.1 Å². The fourth-order valence-corrected chi connectivity index (χ4v) is 3.33. The molecule has 0 bridgehead atoms. The average Bonchev–Trinajstić information content (AvgIpc) is 2.46. The summed E-state index contributed by atoms with van der Waals surface area (Å²) in [5.74, 6) is -1.17. The Labute approximate surface area is 114 Å². The van der Waals surface area contributed by atoms with Crippen molar-refractivity contribution in [1.82, 2.24) is 4.90 Å². The van der Waals surface area contributed by atoms with E-state index in [-0.39, 0.29) is 18.7 Å². The standard InChI is InChI=1S/C14H24N2O3/c17-13(6-7-14(18)19)16-10-8-15(9-11-16)12-4-2-1-3-5-12/h12H,1-11H2,(H,18,19). The first-order chi connectivity index (χ1) is 9.16. The van der Waals surface area contributed by atoms with Crippen molar-refractivity contribution in [2.45, 2.75) is 51.0 Å². The molecule has 2 fully saturated rings. The molecule has 5 nitrogen and oxygen atoms in total. The van der Waals surface area contributed by atoms with Gasteiger partial charge in [-0.25, -0.2) is 0 Å². The van der Waals surface area contributed by atoms with E-state index in [1.54, 1.807) is 4.90 Å². The molecule has 1 amide bonds. The van der Waals surface area contributed by atoms with Crippen molar-refractivity contribution >= 4 is 11.9 Å². The van der Waals surface area contributed by atoms with E-state index in [2.05, 4.69) is 0 Å². The summed E-state index contributed by atoms with van der Waals surface area (Å²) in [7, 11) is 0. The maximum absolute atomic E-state index is 11.8.